The molecule has 2 N–H and O–H groups in total. The molecule has 2 aliphatic rings. The lowest BCUT2D eigenvalue weighted by molar-refractivity contribution is 0.0390. The van der Waals surface area contributed by atoms with Gasteiger partial charge in [-0.05, 0) is 62.6 Å². The lowest BCUT2D eigenvalue weighted by Gasteiger charge is -2.44. The Hall–Kier alpha value is -1.51. The van der Waals surface area contributed by atoms with Crippen molar-refractivity contribution >= 4 is 11.6 Å². The summed E-state index contributed by atoms with van der Waals surface area (Å²) in [4.78, 5) is 15.2. The van der Waals surface area contributed by atoms with Crippen molar-refractivity contribution in [2.75, 3.05) is 12.3 Å². The SMILES string of the molecule is Cc1cc(C)c(C(=O)N2CCCC3CCCCC32)cc1N. The van der Waals surface area contributed by atoms with Crippen LogP contribution >= 0.6 is 0 Å². The minimum absolute atomic E-state index is 0.191. The zero-order valence-electron chi connectivity index (χ0n) is 13.2. The van der Waals surface area contributed by atoms with Crippen LogP contribution in [0.2, 0.25) is 0 Å². The molecule has 3 heteroatoms. The van der Waals surface area contributed by atoms with Gasteiger partial charge >= 0.3 is 0 Å². The topological polar surface area (TPSA) is 46.3 Å². The maximum atomic E-state index is 13.0. The molecule has 2 fully saturated rings. The van der Waals surface area contributed by atoms with Crippen LogP contribution < -0.4 is 5.73 Å². The number of hydrogen-bond acceptors (Lipinski definition) is 2. The zero-order chi connectivity index (χ0) is 15.0. The van der Waals surface area contributed by atoms with E-state index in [0.717, 1.165) is 41.3 Å². The van der Waals surface area contributed by atoms with Gasteiger partial charge in [-0.1, -0.05) is 18.9 Å². The molecule has 0 aromatic heterocycles. The van der Waals surface area contributed by atoms with E-state index in [0.29, 0.717) is 6.04 Å². The van der Waals surface area contributed by atoms with Crippen molar-refractivity contribution in [2.45, 2.75) is 58.4 Å². The fourth-order valence-corrected chi connectivity index (χ4v) is 4.13. The molecule has 0 spiro atoms. The number of likely N-dealkylation sites (tertiary alicyclic amines) is 1. The van der Waals surface area contributed by atoms with Crippen LogP contribution in [0.1, 0.15) is 60.0 Å². The highest BCUT2D eigenvalue weighted by Gasteiger charge is 2.36. The van der Waals surface area contributed by atoms with Crippen molar-refractivity contribution in [1.29, 1.82) is 0 Å². The van der Waals surface area contributed by atoms with Gasteiger partial charge in [-0.3, -0.25) is 4.79 Å². The molecule has 0 bridgehead atoms. The van der Waals surface area contributed by atoms with Crippen molar-refractivity contribution in [3.8, 4) is 0 Å². The number of nitrogen functional groups attached to an aromatic ring is 1. The molecular formula is C18H26N2O. The Labute approximate surface area is 127 Å². The first kappa shape index (κ1) is 14.4. The lowest BCUT2D eigenvalue weighted by Crippen LogP contribution is -2.49. The number of anilines is 1. The number of nitrogens with zero attached hydrogens (tertiary/aromatic N) is 1. The van der Waals surface area contributed by atoms with E-state index in [1.807, 2.05) is 26.0 Å². The van der Waals surface area contributed by atoms with Gasteiger partial charge < -0.3 is 10.6 Å². The van der Waals surface area contributed by atoms with E-state index in [4.69, 9.17) is 5.73 Å². The maximum Gasteiger partial charge on any atom is 0.254 e. The standard InChI is InChI=1S/C18H26N2O/c1-12-10-13(2)16(19)11-15(12)18(21)20-9-5-7-14-6-3-4-8-17(14)20/h10-11,14,17H,3-9,19H2,1-2H3. The largest absolute Gasteiger partial charge is 0.398 e. The Morgan fingerprint density at radius 2 is 1.81 bits per heavy atom. The molecule has 114 valence electrons. The number of carbonyl (C=O) groups is 1. The van der Waals surface area contributed by atoms with Crippen LogP contribution in [0, 0.1) is 19.8 Å². The minimum atomic E-state index is 0.191. The Morgan fingerprint density at radius 3 is 2.62 bits per heavy atom. The summed E-state index contributed by atoms with van der Waals surface area (Å²) in [6, 6.07) is 4.37. The zero-order valence-corrected chi connectivity index (χ0v) is 13.2. The molecule has 1 heterocycles. The number of benzene rings is 1. The molecule has 21 heavy (non-hydrogen) atoms. The van der Waals surface area contributed by atoms with Gasteiger partial charge in [0, 0.05) is 23.8 Å². The van der Waals surface area contributed by atoms with Crippen molar-refractivity contribution in [3.05, 3.63) is 28.8 Å². The molecule has 1 aliphatic heterocycles. The minimum Gasteiger partial charge on any atom is -0.398 e. The second-order valence-electron chi connectivity index (χ2n) is 6.78. The van der Waals surface area contributed by atoms with Crippen LogP contribution in [-0.4, -0.2) is 23.4 Å². The fourth-order valence-electron chi connectivity index (χ4n) is 4.13. The van der Waals surface area contributed by atoms with Crippen LogP contribution in [0.25, 0.3) is 0 Å². The van der Waals surface area contributed by atoms with E-state index in [9.17, 15) is 4.79 Å². The molecular weight excluding hydrogens is 260 g/mol. The Balaban J connectivity index is 1.88. The molecule has 2 atom stereocenters. The Bertz CT molecular complexity index is 550. The summed E-state index contributed by atoms with van der Waals surface area (Å²) in [6.45, 7) is 4.92. The van der Waals surface area contributed by atoms with Crippen molar-refractivity contribution in [2.24, 2.45) is 5.92 Å². The molecule has 1 amide bonds. The van der Waals surface area contributed by atoms with Gasteiger partial charge in [0.15, 0.2) is 0 Å². The number of nitrogens with two attached hydrogens (primary N) is 1. The van der Waals surface area contributed by atoms with E-state index < -0.39 is 0 Å². The van der Waals surface area contributed by atoms with Crippen LogP contribution in [0.5, 0.6) is 0 Å². The summed E-state index contributed by atoms with van der Waals surface area (Å²) in [5.41, 5.74) is 9.64. The summed E-state index contributed by atoms with van der Waals surface area (Å²) in [7, 11) is 0. The molecule has 1 aromatic carbocycles. The van der Waals surface area contributed by atoms with Crippen molar-refractivity contribution in [1.82, 2.24) is 4.90 Å². The van der Waals surface area contributed by atoms with Crippen LogP contribution in [0.4, 0.5) is 5.69 Å². The van der Waals surface area contributed by atoms with Crippen molar-refractivity contribution < 1.29 is 4.79 Å². The van der Waals surface area contributed by atoms with Gasteiger partial charge in [-0.2, -0.15) is 0 Å². The van der Waals surface area contributed by atoms with Crippen LogP contribution in [-0.2, 0) is 0 Å². The first-order valence-electron chi connectivity index (χ1n) is 8.25. The van der Waals surface area contributed by atoms with Gasteiger partial charge in [0.05, 0.1) is 0 Å². The third kappa shape index (κ3) is 2.66. The summed E-state index contributed by atoms with van der Waals surface area (Å²) in [6.07, 6.45) is 7.51. The third-order valence-corrected chi connectivity index (χ3v) is 5.35. The smallest absolute Gasteiger partial charge is 0.254 e. The van der Waals surface area contributed by atoms with E-state index in [1.165, 1.54) is 32.1 Å². The third-order valence-electron chi connectivity index (χ3n) is 5.35. The number of aryl methyl sites for hydroxylation is 2. The van der Waals surface area contributed by atoms with Gasteiger partial charge in [0.2, 0.25) is 0 Å². The molecule has 3 rings (SSSR count). The molecule has 1 saturated carbocycles. The van der Waals surface area contributed by atoms with Gasteiger partial charge in [-0.15, -0.1) is 0 Å². The average molecular weight is 286 g/mol. The van der Waals surface area contributed by atoms with Gasteiger partial charge in [-0.25, -0.2) is 0 Å². The predicted molar refractivity (Wildman–Crippen MR) is 86.3 cm³/mol. The first-order chi connectivity index (χ1) is 10.1. The lowest BCUT2D eigenvalue weighted by atomic mass is 9.78. The molecule has 1 saturated heterocycles. The van der Waals surface area contributed by atoms with E-state index in [2.05, 4.69) is 4.90 Å². The molecule has 1 aliphatic carbocycles. The summed E-state index contributed by atoms with van der Waals surface area (Å²) in [5, 5.41) is 0. The summed E-state index contributed by atoms with van der Waals surface area (Å²) < 4.78 is 0. The Kier molecular flexibility index (Phi) is 3.92. The van der Waals surface area contributed by atoms with Crippen LogP contribution in [0.3, 0.4) is 0 Å². The highest BCUT2D eigenvalue weighted by atomic mass is 16.2. The average Bonchev–Trinajstić information content (AvgIpc) is 2.49. The van der Waals surface area contributed by atoms with Crippen LogP contribution in [0.15, 0.2) is 12.1 Å². The second-order valence-corrected chi connectivity index (χ2v) is 6.78. The first-order valence-corrected chi connectivity index (χ1v) is 8.25. The highest BCUT2D eigenvalue weighted by Crippen LogP contribution is 2.36. The number of carbonyl (C=O) groups excluding carboxylic acids is 1. The summed E-state index contributed by atoms with van der Waals surface area (Å²) in [5.74, 6) is 0.912. The van der Waals surface area contributed by atoms with Crippen molar-refractivity contribution in [3.63, 3.8) is 0 Å². The number of amides is 1. The Morgan fingerprint density at radius 1 is 1.10 bits per heavy atom. The number of rotatable bonds is 1. The molecule has 3 nitrogen and oxygen atoms in total. The van der Waals surface area contributed by atoms with E-state index in [1.54, 1.807) is 0 Å². The highest BCUT2D eigenvalue weighted by molar-refractivity contribution is 5.97. The number of fused-ring (bicyclic) bond motifs is 1. The molecule has 1 aromatic rings. The maximum absolute atomic E-state index is 13.0. The second kappa shape index (κ2) is 5.70. The number of piperidine rings is 1. The fraction of sp³-hybridized carbons (Fsp3) is 0.611. The van der Waals surface area contributed by atoms with Gasteiger partial charge in [0.1, 0.15) is 0 Å². The molecule has 0 radical (unpaired) electrons. The van der Waals surface area contributed by atoms with E-state index in [-0.39, 0.29) is 5.91 Å². The quantitative estimate of drug-likeness (QED) is 0.800. The molecule has 2 unspecified atom stereocenters. The monoisotopic (exact) mass is 286 g/mol. The van der Waals surface area contributed by atoms with Gasteiger partial charge in [0.25, 0.3) is 5.91 Å². The van der Waals surface area contributed by atoms with E-state index >= 15 is 0 Å². The normalized spacial score (nSPS) is 25.5. The predicted octanol–water partition coefficient (Wildman–Crippen LogP) is 3.68. The summed E-state index contributed by atoms with van der Waals surface area (Å²) >= 11 is 0. The number of hydrogen-bond donors (Lipinski definition) is 1.